The second-order valence-corrected chi connectivity index (χ2v) is 8.31. The third kappa shape index (κ3) is 3.79. The fourth-order valence-corrected chi connectivity index (χ4v) is 4.08. The molecule has 2 aromatic carbocycles. The molecule has 0 unspecified atom stereocenters. The Hall–Kier alpha value is -3.07. The minimum atomic E-state index is -3.87. The average Bonchev–Trinajstić information content (AvgIpc) is 2.87. The van der Waals surface area contributed by atoms with Crippen LogP contribution in [-0.2, 0) is 28.7 Å². The number of sulfone groups is 1. The lowest BCUT2D eigenvalue weighted by Gasteiger charge is -2.08. The molecule has 148 valence electrons. The van der Waals surface area contributed by atoms with Gasteiger partial charge in [-0.2, -0.15) is 0 Å². The van der Waals surface area contributed by atoms with Crippen molar-refractivity contribution < 1.29 is 17.9 Å². The Labute approximate surface area is 162 Å². The van der Waals surface area contributed by atoms with E-state index in [2.05, 4.69) is 5.32 Å². The molecule has 1 amide bonds. The summed E-state index contributed by atoms with van der Waals surface area (Å²) in [6.07, 6.45) is 0. The Balaban J connectivity index is 1.79. The lowest BCUT2D eigenvalue weighted by atomic mass is 10.3. The summed E-state index contributed by atoms with van der Waals surface area (Å²) in [7, 11) is -0.686. The fraction of sp³-hybridized carbons (Fsp3) is 0.263. The topological polar surface area (TPSA) is 99.4 Å². The van der Waals surface area contributed by atoms with Crippen molar-refractivity contribution in [2.45, 2.75) is 11.8 Å². The predicted octanol–water partition coefficient (Wildman–Crippen LogP) is 1.69. The van der Waals surface area contributed by atoms with E-state index in [1.165, 1.54) is 21.3 Å². The van der Waals surface area contributed by atoms with E-state index in [1.807, 2.05) is 6.92 Å². The summed E-state index contributed by atoms with van der Waals surface area (Å²) in [5, 5.41) is 2.57. The van der Waals surface area contributed by atoms with Gasteiger partial charge in [-0.25, -0.2) is 13.2 Å². The van der Waals surface area contributed by atoms with Crippen molar-refractivity contribution in [3.63, 3.8) is 0 Å². The number of rotatable bonds is 6. The number of carbonyl (C=O) groups excluding carboxylic acids is 1. The Bertz CT molecular complexity index is 1190. The number of hydrogen-bond donors (Lipinski definition) is 1. The SMILES string of the molecule is CCOc1ccc(NC(=O)CS(=O)(=O)c2ccc3c(c2)n(C)c(=O)n3C)cc1. The number of aromatic nitrogens is 2. The standard InChI is InChI=1S/C19H21N3O5S/c1-4-27-14-7-5-13(6-8-14)20-18(23)12-28(25,26)15-9-10-16-17(11-15)22(3)19(24)21(16)2/h5-11H,4,12H2,1-3H3,(H,20,23). The van der Waals surface area contributed by atoms with Gasteiger partial charge in [0.05, 0.1) is 22.5 Å². The van der Waals surface area contributed by atoms with E-state index in [-0.39, 0.29) is 10.6 Å². The lowest BCUT2D eigenvalue weighted by molar-refractivity contribution is -0.113. The van der Waals surface area contributed by atoms with Gasteiger partial charge in [0.25, 0.3) is 0 Å². The zero-order chi connectivity index (χ0) is 20.5. The number of imidazole rings is 1. The van der Waals surface area contributed by atoms with Gasteiger partial charge in [-0.1, -0.05) is 0 Å². The maximum atomic E-state index is 12.6. The van der Waals surface area contributed by atoms with Crippen LogP contribution in [0.4, 0.5) is 5.69 Å². The molecule has 0 radical (unpaired) electrons. The van der Waals surface area contributed by atoms with E-state index in [0.717, 1.165) is 0 Å². The van der Waals surface area contributed by atoms with Crippen molar-refractivity contribution in [1.29, 1.82) is 0 Å². The Morgan fingerprint density at radius 2 is 1.68 bits per heavy atom. The summed E-state index contributed by atoms with van der Waals surface area (Å²) in [6.45, 7) is 2.40. The molecule has 0 aliphatic rings. The lowest BCUT2D eigenvalue weighted by Crippen LogP contribution is -2.23. The van der Waals surface area contributed by atoms with Crippen molar-refractivity contribution in [2.75, 3.05) is 17.7 Å². The highest BCUT2D eigenvalue weighted by Gasteiger charge is 2.21. The first-order chi connectivity index (χ1) is 13.2. The summed E-state index contributed by atoms with van der Waals surface area (Å²) in [4.78, 5) is 24.2. The van der Waals surface area contributed by atoms with Crippen molar-refractivity contribution in [1.82, 2.24) is 9.13 Å². The van der Waals surface area contributed by atoms with E-state index in [0.29, 0.717) is 29.1 Å². The van der Waals surface area contributed by atoms with Crippen LogP contribution < -0.4 is 15.7 Å². The van der Waals surface area contributed by atoms with Gasteiger partial charge in [0.2, 0.25) is 5.91 Å². The minimum absolute atomic E-state index is 0.0111. The summed E-state index contributed by atoms with van der Waals surface area (Å²) in [6, 6.07) is 11.0. The van der Waals surface area contributed by atoms with Crippen molar-refractivity contribution in [3.8, 4) is 5.75 Å². The normalized spacial score (nSPS) is 11.5. The molecule has 0 fully saturated rings. The van der Waals surface area contributed by atoms with Crippen LogP contribution in [0.2, 0.25) is 0 Å². The number of nitrogens with zero attached hydrogens (tertiary/aromatic N) is 2. The van der Waals surface area contributed by atoms with E-state index in [9.17, 15) is 18.0 Å². The summed E-state index contributed by atoms with van der Waals surface area (Å²) in [5.74, 6) is -0.687. The van der Waals surface area contributed by atoms with E-state index in [4.69, 9.17) is 4.74 Å². The second kappa shape index (κ2) is 7.51. The summed E-state index contributed by atoms with van der Waals surface area (Å²) >= 11 is 0. The zero-order valence-electron chi connectivity index (χ0n) is 15.8. The second-order valence-electron chi connectivity index (χ2n) is 6.32. The van der Waals surface area contributed by atoms with Gasteiger partial charge in [-0.15, -0.1) is 0 Å². The third-order valence-corrected chi connectivity index (χ3v) is 5.99. The number of nitrogens with one attached hydrogen (secondary N) is 1. The number of carbonyl (C=O) groups is 1. The summed E-state index contributed by atoms with van der Waals surface area (Å²) < 4.78 is 33.4. The van der Waals surface area contributed by atoms with Crippen LogP contribution in [0.15, 0.2) is 52.2 Å². The molecular formula is C19H21N3O5S. The van der Waals surface area contributed by atoms with Crippen molar-refractivity contribution in [2.24, 2.45) is 14.1 Å². The van der Waals surface area contributed by atoms with E-state index < -0.39 is 21.5 Å². The van der Waals surface area contributed by atoms with Gasteiger partial charge in [0, 0.05) is 19.8 Å². The molecule has 0 saturated heterocycles. The van der Waals surface area contributed by atoms with Gasteiger partial charge in [-0.05, 0) is 49.4 Å². The molecular weight excluding hydrogens is 382 g/mol. The molecule has 3 aromatic rings. The number of anilines is 1. The highest BCUT2D eigenvalue weighted by atomic mass is 32.2. The van der Waals surface area contributed by atoms with Gasteiger partial charge in [0.15, 0.2) is 9.84 Å². The maximum absolute atomic E-state index is 12.6. The molecule has 8 nitrogen and oxygen atoms in total. The Morgan fingerprint density at radius 1 is 1.04 bits per heavy atom. The maximum Gasteiger partial charge on any atom is 0.328 e. The number of benzene rings is 2. The molecule has 9 heteroatoms. The van der Waals surface area contributed by atoms with E-state index >= 15 is 0 Å². The van der Waals surface area contributed by atoms with Crippen LogP contribution in [0, 0.1) is 0 Å². The Kier molecular flexibility index (Phi) is 5.28. The minimum Gasteiger partial charge on any atom is -0.494 e. The molecule has 1 heterocycles. The molecule has 0 spiro atoms. The van der Waals surface area contributed by atoms with Crippen LogP contribution >= 0.6 is 0 Å². The highest BCUT2D eigenvalue weighted by Crippen LogP contribution is 2.20. The van der Waals surface area contributed by atoms with Gasteiger partial charge in [0.1, 0.15) is 11.5 Å². The molecule has 3 rings (SSSR count). The molecule has 0 bridgehead atoms. The first-order valence-corrected chi connectivity index (χ1v) is 10.3. The predicted molar refractivity (Wildman–Crippen MR) is 106 cm³/mol. The summed E-state index contributed by atoms with van der Waals surface area (Å²) in [5.41, 5.74) is 1.33. The molecule has 0 atom stereocenters. The average molecular weight is 403 g/mol. The number of aryl methyl sites for hydroxylation is 2. The smallest absolute Gasteiger partial charge is 0.328 e. The molecule has 0 saturated carbocycles. The molecule has 0 aliphatic carbocycles. The van der Waals surface area contributed by atoms with Crippen molar-refractivity contribution >= 4 is 32.5 Å². The van der Waals surface area contributed by atoms with E-state index in [1.54, 1.807) is 44.4 Å². The van der Waals surface area contributed by atoms with Gasteiger partial charge in [-0.3, -0.25) is 13.9 Å². The molecule has 1 aromatic heterocycles. The molecule has 28 heavy (non-hydrogen) atoms. The fourth-order valence-electron chi connectivity index (χ4n) is 2.93. The monoisotopic (exact) mass is 403 g/mol. The van der Waals surface area contributed by atoms with Crippen LogP contribution in [-0.4, -0.2) is 35.8 Å². The van der Waals surface area contributed by atoms with Gasteiger partial charge >= 0.3 is 5.69 Å². The highest BCUT2D eigenvalue weighted by molar-refractivity contribution is 7.92. The molecule has 1 N–H and O–H groups in total. The van der Waals surface area contributed by atoms with Crippen LogP contribution in [0.3, 0.4) is 0 Å². The number of amides is 1. The van der Waals surface area contributed by atoms with Crippen LogP contribution in [0.5, 0.6) is 5.75 Å². The first-order valence-electron chi connectivity index (χ1n) is 8.64. The van der Waals surface area contributed by atoms with Gasteiger partial charge < -0.3 is 10.1 Å². The first kappa shape index (κ1) is 19.7. The molecule has 0 aliphatic heterocycles. The third-order valence-electron chi connectivity index (χ3n) is 4.37. The quantitative estimate of drug-likeness (QED) is 0.675. The van der Waals surface area contributed by atoms with Crippen molar-refractivity contribution in [3.05, 3.63) is 52.9 Å². The Morgan fingerprint density at radius 3 is 2.32 bits per heavy atom. The number of hydrogen-bond acceptors (Lipinski definition) is 5. The largest absolute Gasteiger partial charge is 0.494 e. The van der Waals surface area contributed by atoms with Crippen LogP contribution in [0.25, 0.3) is 11.0 Å². The number of fused-ring (bicyclic) bond motifs is 1. The van der Waals surface area contributed by atoms with Crippen LogP contribution in [0.1, 0.15) is 6.92 Å². The number of ether oxygens (including phenoxy) is 1. The zero-order valence-corrected chi connectivity index (χ0v) is 16.6.